The van der Waals surface area contributed by atoms with Crippen LogP contribution in [-0.2, 0) is 16.1 Å². The summed E-state index contributed by atoms with van der Waals surface area (Å²) < 4.78 is 5.33. The van der Waals surface area contributed by atoms with Gasteiger partial charge in [0.25, 0.3) is 0 Å². The number of rotatable bonds is 5. The number of carbonyl (C=O) groups excluding carboxylic acids is 1. The molecule has 1 aliphatic heterocycles. The van der Waals surface area contributed by atoms with Crippen LogP contribution in [0.1, 0.15) is 38.0 Å². The normalized spacial score (nSPS) is 19.0. The van der Waals surface area contributed by atoms with Crippen molar-refractivity contribution in [2.75, 3.05) is 13.1 Å². The van der Waals surface area contributed by atoms with Gasteiger partial charge < -0.3 is 30.3 Å². The average molecular weight is 445 g/mol. The van der Waals surface area contributed by atoms with Crippen LogP contribution in [0.3, 0.4) is 0 Å². The van der Waals surface area contributed by atoms with Gasteiger partial charge in [-0.25, -0.2) is 9.59 Å². The van der Waals surface area contributed by atoms with Gasteiger partial charge in [-0.2, -0.15) is 0 Å². The lowest BCUT2D eigenvalue weighted by atomic mass is 10.1. The molecule has 0 saturated carbocycles. The fourth-order valence-corrected chi connectivity index (χ4v) is 3.09. The molecule has 8 heteroatoms. The minimum atomic E-state index is -1.41. The number of carboxylic acids is 1. The number of aliphatic hydroxyl groups is 2. The maximum Gasteiger partial charge on any atom is 0.410 e. The van der Waals surface area contributed by atoms with Gasteiger partial charge in [-0.3, -0.25) is 0 Å². The number of benzene rings is 2. The minimum Gasteiger partial charge on any atom is -0.479 e. The van der Waals surface area contributed by atoms with E-state index in [-0.39, 0.29) is 12.1 Å². The van der Waals surface area contributed by atoms with E-state index in [0.717, 1.165) is 5.56 Å². The number of aliphatic hydroxyl groups excluding tert-OH is 2. The first-order valence-electron chi connectivity index (χ1n) is 10.5. The maximum absolute atomic E-state index is 12.0. The Labute approximate surface area is 188 Å². The molecular formula is C24H32N2O6. The van der Waals surface area contributed by atoms with Crippen molar-refractivity contribution in [1.82, 2.24) is 10.2 Å². The molecule has 0 aliphatic carbocycles. The smallest absolute Gasteiger partial charge is 0.410 e. The predicted octanol–water partition coefficient (Wildman–Crippen LogP) is 2.56. The van der Waals surface area contributed by atoms with E-state index in [1.807, 2.05) is 51.1 Å². The van der Waals surface area contributed by atoms with Gasteiger partial charge in [-0.15, -0.1) is 0 Å². The highest BCUT2D eigenvalue weighted by atomic mass is 16.6. The topological polar surface area (TPSA) is 119 Å². The summed E-state index contributed by atoms with van der Waals surface area (Å²) in [5.74, 6) is -1.23. The fourth-order valence-electron chi connectivity index (χ4n) is 3.09. The van der Waals surface area contributed by atoms with Crippen LogP contribution in [0.4, 0.5) is 4.79 Å². The zero-order valence-corrected chi connectivity index (χ0v) is 18.6. The summed E-state index contributed by atoms with van der Waals surface area (Å²) in [4.78, 5) is 23.8. The number of carbonyl (C=O) groups is 2. The van der Waals surface area contributed by atoms with E-state index in [0.29, 0.717) is 25.2 Å². The van der Waals surface area contributed by atoms with E-state index in [2.05, 4.69) is 5.32 Å². The van der Waals surface area contributed by atoms with Crippen LogP contribution in [0.25, 0.3) is 0 Å². The Morgan fingerprint density at radius 1 is 1.06 bits per heavy atom. The predicted molar refractivity (Wildman–Crippen MR) is 120 cm³/mol. The number of β-amino-alcohol motifs (C(OH)–C–C–N with tert-alkyl or cyclic N) is 1. The molecule has 0 spiro atoms. The van der Waals surface area contributed by atoms with Crippen LogP contribution in [0.15, 0.2) is 60.7 Å². The number of carboxylic acid groups (broad SMARTS) is 1. The molecule has 1 amide bonds. The van der Waals surface area contributed by atoms with Crippen molar-refractivity contribution in [2.45, 2.75) is 51.2 Å². The summed E-state index contributed by atoms with van der Waals surface area (Å²) in [5, 5.41) is 30.8. The number of hydrogen-bond donors (Lipinski definition) is 4. The zero-order chi connectivity index (χ0) is 23.7. The number of aliphatic carboxylic acids is 1. The second-order valence-corrected chi connectivity index (χ2v) is 8.58. The molecule has 1 fully saturated rings. The van der Waals surface area contributed by atoms with Crippen LogP contribution < -0.4 is 5.32 Å². The molecule has 0 radical (unpaired) electrons. The van der Waals surface area contributed by atoms with Crippen molar-refractivity contribution in [3.63, 3.8) is 0 Å². The lowest BCUT2D eigenvalue weighted by Crippen LogP contribution is -2.39. The first-order valence-corrected chi connectivity index (χ1v) is 10.5. The standard InChI is InChI=1S/C16H24N2O3.C8H8O3/c1-16(2,3)21-15(20)18-10-13(14(19)11-18)17-9-12-7-5-4-6-8-12;9-7(8(10)11)6-4-2-1-3-5-6/h4-8,13-14,17,19H,9-11H2,1-3H3;1-5,7,9H,(H,10,11)/t13-,14-;/m0./s1. The molecule has 32 heavy (non-hydrogen) atoms. The third kappa shape index (κ3) is 8.30. The number of hydrogen-bond acceptors (Lipinski definition) is 6. The maximum atomic E-state index is 12.0. The Hall–Kier alpha value is -2.94. The van der Waals surface area contributed by atoms with Crippen LogP contribution in [0.2, 0.25) is 0 Å². The Morgan fingerprint density at radius 3 is 2.16 bits per heavy atom. The number of ether oxygens (including phenoxy) is 1. The van der Waals surface area contributed by atoms with Crippen molar-refractivity contribution in [2.24, 2.45) is 0 Å². The number of nitrogens with zero attached hydrogens (tertiary/aromatic N) is 1. The van der Waals surface area contributed by atoms with Crippen molar-refractivity contribution in [3.8, 4) is 0 Å². The SMILES string of the molecule is CC(C)(C)OC(=O)N1C[C@H](NCc2ccccc2)[C@@H](O)C1.O=C(O)C(O)c1ccccc1. The molecule has 3 atom stereocenters. The molecular weight excluding hydrogens is 412 g/mol. The molecule has 1 heterocycles. The average Bonchev–Trinajstić information content (AvgIpc) is 3.13. The molecule has 1 unspecified atom stereocenters. The summed E-state index contributed by atoms with van der Waals surface area (Å²) in [7, 11) is 0. The summed E-state index contributed by atoms with van der Waals surface area (Å²) >= 11 is 0. The van der Waals surface area contributed by atoms with Gasteiger partial charge in [0.05, 0.1) is 18.7 Å². The van der Waals surface area contributed by atoms with Crippen molar-refractivity contribution < 1.29 is 29.6 Å². The van der Waals surface area contributed by atoms with Crippen molar-refractivity contribution in [1.29, 1.82) is 0 Å². The van der Waals surface area contributed by atoms with Gasteiger partial charge in [0.2, 0.25) is 0 Å². The highest BCUT2D eigenvalue weighted by molar-refractivity contribution is 5.73. The Bertz CT molecular complexity index is 854. The zero-order valence-electron chi connectivity index (χ0n) is 18.6. The second-order valence-electron chi connectivity index (χ2n) is 8.58. The van der Waals surface area contributed by atoms with E-state index in [9.17, 15) is 14.7 Å². The highest BCUT2D eigenvalue weighted by Crippen LogP contribution is 2.16. The molecule has 0 aromatic heterocycles. The van der Waals surface area contributed by atoms with Gasteiger partial charge in [-0.05, 0) is 31.9 Å². The lowest BCUT2D eigenvalue weighted by molar-refractivity contribution is -0.146. The van der Waals surface area contributed by atoms with Crippen molar-refractivity contribution >= 4 is 12.1 Å². The summed E-state index contributed by atoms with van der Waals surface area (Å²) in [6.07, 6.45) is -2.34. The molecule has 4 N–H and O–H groups in total. The molecule has 8 nitrogen and oxygen atoms in total. The first kappa shape index (κ1) is 25.3. The van der Waals surface area contributed by atoms with E-state index in [1.54, 1.807) is 35.2 Å². The van der Waals surface area contributed by atoms with E-state index < -0.39 is 23.8 Å². The first-order chi connectivity index (χ1) is 15.1. The van der Waals surface area contributed by atoms with E-state index in [4.69, 9.17) is 14.9 Å². The van der Waals surface area contributed by atoms with E-state index >= 15 is 0 Å². The van der Waals surface area contributed by atoms with Crippen molar-refractivity contribution in [3.05, 3.63) is 71.8 Å². The molecule has 174 valence electrons. The van der Waals surface area contributed by atoms with Gasteiger partial charge >= 0.3 is 12.1 Å². The summed E-state index contributed by atoms with van der Waals surface area (Å²) in [5.41, 5.74) is 1.04. The Morgan fingerprint density at radius 2 is 1.62 bits per heavy atom. The largest absolute Gasteiger partial charge is 0.479 e. The van der Waals surface area contributed by atoms with Gasteiger partial charge in [-0.1, -0.05) is 60.7 Å². The number of likely N-dealkylation sites (tertiary alicyclic amines) is 1. The summed E-state index contributed by atoms with van der Waals surface area (Å²) in [6, 6.07) is 18.1. The third-order valence-electron chi connectivity index (χ3n) is 4.70. The molecule has 3 rings (SSSR count). The van der Waals surface area contributed by atoms with E-state index in [1.165, 1.54) is 0 Å². The number of nitrogens with one attached hydrogen (secondary N) is 1. The number of amides is 1. The molecule has 2 aromatic rings. The van der Waals surface area contributed by atoms with Gasteiger partial charge in [0, 0.05) is 13.1 Å². The lowest BCUT2D eigenvalue weighted by Gasteiger charge is -2.24. The third-order valence-corrected chi connectivity index (χ3v) is 4.70. The molecule has 1 aliphatic rings. The quantitative estimate of drug-likeness (QED) is 0.560. The van der Waals surface area contributed by atoms with Crippen LogP contribution in [0.5, 0.6) is 0 Å². The summed E-state index contributed by atoms with van der Waals surface area (Å²) in [6.45, 7) is 6.95. The van der Waals surface area contributed by atoms with Crippen LogP contribution >= 0.6 is 0 Å². The van der Waals surface area contributed by atoms with Gasteiger partial charge in [0.15, 0.2) is 6.10 Å². The van der Waals surface area contributed by atoms with Crippen LogP contribution in [0, 0.1) is 0 Å². The monoisotopic (exact) mass is 444 g/mol. The van der Waals surface area contributed by atoms with Gasteiger partial charge in [0.1, 0.15) is 5.60 Å². The molecule has 1 saturated heterocycles. The molecule has 0 bridgehead atoms. The van der Waals surface area contributed by atoms with Crippen LogP contribution in [-0.4, -0.2) is 63.1 Å². The second kappa shape index (κ2) is 11.6. The fraction of sp³-hybridized carbons (Fsp3) is 0.417. The Balaban J connectivity index is 0.000000278. The highest BCUT2D eigenvalue weighted by Gasteiger charge is 2.35. The molecule has 2 aromatic carbocycles. The Kier molecular flexibility index (Phi) is 9.19. The minimum absolute atomic E-state index is 0.127.